The fourth-order valence-electron chi connectivity index (χ4n) is 0.960. The number of amidine groups is 1. The molecule has 0 aromatic carbocycles. The number of likely N-dealkylation sites (N-methyl/N-ethyl adjacent to an activating group) is 1. The normalized spacial score (nSPS) is 23.2. The lowest BCUT2D eigenvalue weighted by Crippen LogP contribution is -2.39. The number of hydrogen-bond donors (Lipinski definition) is 1. The summed E-state index contributed by atoms with van der Waals surface area (Å²) in [6, 6.07) is 0. The molecule has 13 heavy (non-hydrogen) atoms. The van der Waals surface area contributed by atoms with E-state index in [4.69, 9.17) is 17.3 Å². The van der Waals surface area contributed by atoms with Gasteiger partial charge in [-0.3, -0.25) is 10.1 Å². The monoisotopic (exact) mass is 204 g/mol. The predicted molar refractivity (Wildman–Crippen MR) is 48.7 cm³/mol. The van der Waals surface area contributed by atoms with Gasteiger partial charge in [0.1, 0.15) is 5.84 Å². The van der Waals surface area contributed by atoms with Crippen LogP contribution in [0.3, 0.4) is 0 Å². The number of nitrogens with zero attached hydrogens (tertiary/aromatic N) is 3. The molecule has 1 rings (SSSR count). The third-order valence-corrected chi connectivity index (χ3v) is 2.32. The van der Waals surface area contributed by atoms with Gasteiger partial charge >= 0.3 is 5.70 Å². The highest BCUT2D eigenvalue weighted by molar-refractivity contribution is 6.23. The molecule has 72 valence electrons. The van der Waals surface area contributed by atoms with E-state index >= 15 is 0 Å². The Balaban J connectivity index is 3.16. The van der Waals surface area contributed by atoms with E-state index in [1.807, 2.05) is 0 Å². The van der Waals surface area contributed by atoms with Crippen LogP contribution in [-0.2, 0) is 0 Å². The summed E-state index contributed by atoms with van der Waals surface area (Å²) in [4.78, 5) is 15.2. The Labute approximate surface area is 79.8 Å². The van der Waals surface area contributed by atoms with Gasteiger partial charge in [-0.15, -0.1) is 0 Å². The second kappa shape index (κ2) is 3.21. The highest BCUT2D eigenvalue weighted by Crippen LogP contribution is 2.21. The molecule has 6 nitrogen and oxygen atoms in total. The molecule has 0 amide bonds. The summed E-state index contributed by atoms with van der Waals surface area (Å²) in [6.45, 7) is 1.68. The smallest absolute Gasteiger partial charge is 0.325 e. The van der Waals surface area contributed by atoms with Crippen molar-refractivity contribution in [1.82, 2.24) is 4.90 Å². The Kier molecular flexibility index (Phi) is 2.42. The van der Waals surface area contributed by atoms with E-state index < -0.39 is 10.4 Å². The molecule has 2 N–H and O–H groups in total. The second-order valence-corrected chi connectivity index (χ2v) is 3.05. The topological polar surface area (TPSA) is 84.8 Å². The summed E-state index contributed by atoms with van der Waals surface area (Å²) in [7, 11) is 1.62. The van der Waals surface area contributed by atoms with Crippen LogP contribution in [-0.4, -0.2) is 28.2 Å². The first-order valence-corrected chi connectivity index (χ1v) is 3.95. The largest absolute Gasteiger partial charge is 0.378 e. The predicted octanol–water partition coefficient (Wildman–Crippen LogP) is 0.320. The molecule has 0 saturated heterocycles. The molecule has 0 bridgehead atoms. The average Bonchev–Trinajstić information content (AvgIpc) is 1.99. The number of hydrogen-bond acceptors (Lipinski definition) is 5. The molecule has 0 fully saturated rings. The van der Waals surface area contributed by atoms with E-state index in [0.29, 0.717) is 5.84 Å². The van der Waals surface area contributed by atoms with E-state index in [-0.39, 0.29) is 11.5 Å². The van der Waals surface area contributed by atoms with Crippen molar-refractivity contribution in [2.75, 3.05) is 7.05 Å². The molecule has 1 aliphatic rings. The molecule has 1 aliphatic heterocycles. The van der Waals surface area contributed by atoms with Crippen LogP contribution in [0.15, 0.2) is 16.5 Å². The number of halogens is 1. The van der Waals surface area contributed by atoms with Gasteiger partial charge in [0.15, 0.2) is 5.50 Å². The molecular weight excluding hydrogens is 196 g/mol. The highest BCUT2D eigenvalue weighted by atomic mass is 35.5. The Morgan fingerprint density at radius 2 is 2.31 bits per heavy atom. The van der Waals surface area contributed by atoms with Crippen molar-refractivity contribution in [1.29, 1.82) is 0 Å². The molecule has 0 spiro atoms. The summed E-state index contributed by atoms with van der Waals surface area (Å²) in [5, 5.41) is 10.5. The summed E-state index contributed by atoms with van der Waals surface area (Å²) in [6.07, 6.45) is 0. The zero-order chi connectivity index (χ0) is 10.2. The van der Waals surface area contributed by atoms with Crippen LogP contribution in [0.1, 0.15) is 6.92 Å². The molecule has 1 heterocycles. The summed E-state index contributed by atoms with van der Waals surface area (Å²) in [5.74, 6) is 0.434. The van der Waals surface area contributed by atoms with E-state index in [1.165, 1.54) is 4.90 Å². The molecule has 0 radical (unpaired) electrons. The maximum atomic E-state index is 10.5. The van der Waals surface area contributed by atoms with Crippen molar-refractivity contribution >= 4 is 17.4 Å². The minimum absolute atomic E-state index is 0.124. The molecular formula is C6H9ClN4O2. The number of aliphatic imine (C=N–C) groups is 1. The lowest BCUT2D eigenvalue weighted by molar-refractivity contribution is -0.431. The molecule has 1 atom stereocenters. The SMILES string of the molecule is CC1=NC(N)=C([N+](=O)[O-])C(Cl)N1C. The Morgan fingerprint density at radius 3 is 2.77 bits per heavy atom. The van der Waals surface area contributed by atoms with E-state index in [2.05, 4.69) is 4.99 Å². The molecule has 0 aliphatic carbocycles. The highest BCUT2D eigenvalue weighted by Gasteiger charge is 2.34. The molecule has 1 unspecified atom stereocenters. The molecule has 7 heteroatoms. The number of nitrogens with two attached hydrogens (primary N) is 1. The Hall–Kier alpha value is -1.30. The zero-order valence-corrected chi connectivity index (χ0v) is 7.95. The quantitative estimate of drug-likeness (QED) is 0.289. The molecule has 0 saturated carbocycles. The van der Waals surface area contributed by atoms with Gasteiger partial charge in [-0.1, -0.05) is 11.6 Å². The van der Waals surface area contributed by atoms with Gasteiger partial charge in [0, 0.05) is 7.05 Å². The third-order valence-electron chi connectivity index (χ3n) is 1.82. The zero-order valence-electron chi connectivity index (χ0n) is 7.19. The minimum Gasteiger partial charge on any atom is -0.378 e. The van der Waals surface area contributed by atoms with Crippen molar-refractivity contribution in [2.45, 2.75) is 12.4 Å². The minimum atomic E-state index is -0.854. The van der Waals surface area contributed by atoms with E-state index in [1.54, 1.807) is 14.0 Å². The van der Waals surface area contributed by atoms with Crippen molar-refractivity contribution in [3.63, 3.8) is 0 Å². The lowest BCUT2D eigenvalue weighted by atomic mass is 10.3. The maximum Gasteiger partial charge on any atom is 0.325 e. The van der Waals surface area contributed by atoms with Crippen LogP contribution in [0.5, 0.6) is 0 Å². The van der Waals surface area contributed by atoms with Gasteiger partial charge in [0.2, 0.25) is 5.82 Å². The Morgan fingerprint density at radius 1 is 1.77 bits per heavy atom. The third kappa shape index (κ3) is 1.57. The average molecular weight is 205 g/mol. The lowest BCUT2D eigenvalue weighted by Gasteiger charge is -2.25. The van der Waals surface area contributed by atoms with Crippen molar-refractivity contribution in [2.24, 2.45) is 10.7 Å². The van der Waals surface area contributed by atoms with Crippen LogP contribution in [0.25, 0.3) is 0 Å². The fourth-order valence-corrected chi connectivity index (χ4v) is 1.29. The van der Waals surface area contributed by atoms with Gasteiger partial charge in [-0.05, 0) is 6.92 Å². The first-order chi connectivity index (χ1) is 5.95. The van der Waals surface area contributed by atoms with Crippen molar-refractivity contribution in [3.05, 3.63) is 21.6 Å². The first kappa shape index (κ1) is 9.79. The van der Waals surface area contributed by atoms with Gasteiger partial charge in [-0.2, -0.15) is 0 Å². The van der Waals surface area contributed by atoms with Crippen molar-refractivity contribution in [3.8, 4) is 0 Å². The second-order valence-electron chi connectivity index (χ2n) is 2.63. The Bertz CT molecular complexity index is 312. The maximum absolute atomic E-state index is 10.5. The summed E-state index contributed by atoms with van der Waals surface area (Å²) in [5.41, 5.74) is 4.24. The van der Waals surface area contributed by atoms with Gasteiger partial charge < -0.3 is 10.6 Å². The number of nitro groups is 1. The standard InChI is InChI=1S/C6H9ClN4O2/c1-3-9-6(8)4(11(12)13)5(7)10(3)2/h5H,8H2,1-2H3. The van der Waals surface area contributed by atoms with E-state index in [9.17, 15) is 10.1 Å². The first-order valence-electron chi connectivity index (χ1n) is 3.51. The van der Waals surface area contributed by atoms with Crippen LogP contribution in [0.2, 0.25) is 0 Å². The number of alkyl halides is 1. The van der Waals surface area contributed by atoms with E-state index in [0.717, 1.165) is 0 Å². The van der Waals surface area contributed by atoms with Crippen LogP contribution in [0.4, 0.5) is 0 Å². The fraction of sp³-hybridized carbons (Fsp3) is 0.500. The molecule has 0 aromatic heterocycles. The summed E-state index contributed by atoms with van der Waals surface area (Å²) < 4.78 is 0. The molecule has 0 aromatic rings. The van der Waals surface area contributed by atoms with Crippen LogP contribution in [0, 0.1) is 10.1 Å². The van der Waals surface area contributed by atoms with Crippen LogP contribution >= 0.6 is 11.6 Å². The van der Waals surface area contributed by atoms with Gasteiger partial charge in [0.05, 0.1) is 4.92 Å². The van der Waals surface area contributed by atoms with Crippen LogP contribution < -0.4 is 5.73 Å². The van der Waals surface area contributed by atoms with Crippen molar-refractivity contribution < 1.29 is 4.92 Å². The summed E-state index contributed by atoms with van der Waals surface area (Å²) >= 11 is 5.78. The number of rotatable bonds is 1. The van der Waals surface area contributed by atoms with Gasteiger partial charge in [0.25, 0.3) is 0 Å². The van der Waals surface area contributed by atoms with Gasteiger partial charge in [-0.25, -0.2) is 4.99 Å².